The number of rotatable bonds is 6. The zero-order chi connectivity index (χ0) is 15.1. The molecule has 1 amide bonds. The van der Waals surface area contributed by atoms with Crippen LogP contribution < -0.4 is 10.1 Å². The smallest absolute Gasteiger partial charge is 0.335 e. The van der Waals surface area contributed by atoms with Crippen molar-refractivity contribution in [2.75, 3.05) is 20.3 Å². The van der Waals surface area contributed by atoms with Crippen LogP contribution in [0.15, 0.2) is 24.3 Å². The summed E-state index contributed by atoms with van der Waals surface area (Å²) in [5, 5.41) is 2.68. The molecule has 0 unspecified atom stereocenters. The summed E-state index contributed by atoms with van der Waals surface area (Å²) < 4.78 is 15.3. The first-order valence-electron chi connectivity index (χ1n) is 6.87. The average molecular weight is 293 g/mol. The molecule has 1 aromatic rings. The topological polar surface area (TPSA) is 73.9 Å². The summed E-state index contributed by atoms with van der Waals surface area (Å²) in [6, 6.07) is 7.39. The Morgan fingerprint density at radius 1 is 1.38 bits per heavy atom. The number of nitrogens with one attached hydrogen (secondary N) is 1. The second-order valence-electron chi connectivity index (χ2n) is 4.70. The fourth-order valence-electron chi connectivity index (χ4n) is 2.09. The highest BCUT2D eigenvalue weighted by Crippen LogP contribution is 2.16. The molecular weight excluding hydrogens is 274 g/mol. The van der Waals surface area contributed by atoms with Gasteiger partial charge in [0.2, 0.25) is 0 Å². The van der Waals surface area contributed by atoms with Gasteiger partial charge in [-0.1, -0.05) is 18.2 Å². The summed E-state index contributed by atoms with van der Waals surface area (Å²) in [7, 11) is 1.57. The summed E-state index contributed by atoms with van der Waals surface area (Å²) in [4.78, 5) is 23.2. The number of benzene rings is 1. The van der Waals surface area contributed by atoms with E-state index in [4.69, 9.17) is 14.2 Å². The van der Waals surface area contributed by atoms with Crippen LogP contribution in [0.3, 0.4) is 0 Å². The van der Waals surface area contributed by atoms with E-state index in [9.17, 15) is 9.59 Å². The Morgan fingerprint density at radius 3 is 2.90 bits per heavy atom. The monoisotopic (exact) mass is 293 g/mol. The molecule has 0 aliphatic carbocycles. The number of amides is 1. The number of hydrogen-bond acceptors (Lipinski definition) is 5. The van der Waals surface area contributed by atoms with Crippen LogP contribution in [-0.4, -0.2) is 38.3 Å². The van der Waals surface area contributed by atoms with E-state index in [1.54, 1.807) is 7.11 Å². The minimum Gasteiger partial charge on any atom is -0.496 e. The second kappa shape index (κ2) is 7.64. The van der Waals surface area contributed by atoms with Crippen molar-refractivity contribution in [3.05, 3.63) is 29.8 Å². The number of hydrogen-bond donors (Lipinski definition) is 1. The molecule has 1 aliphatic heterocycles. The van der Waals surface area contributed by atoms with Gasteiger partial charge in [-0.3, -0.25) is 4.79 Å². The molecule has 1 N–H and O–H groups in total. The van der Waals surface area contributed by atoms with Gasteiger partial charge in [0, 0.05) is 18.7 Å². The Bertz CT molecular complexity index is 497. The summed E-state index contributed by atoms with van der Waals surface area (Å²) in [6.45, 7) is 0.591. The van der Waals surface area contributed by atoms with Gasteiger partial charge in [-0.2, -0.15) is 0 Å². The molecule has 0 saturated carbocycles. The van der Waals surface area contributed by atoms with Gasteiger partial charge in [0.15, 0.2) is 12.7 Å². The van der Waals surface area contributed by atoms with Crippen molar-refractivity contribution in [2.45, 2.75) is 25.5 Å². The molecule has 1 heterocycles. The molecule has 114 valence electrons. The molecule has 0 bridgehead atoms. The number of ether oxygens (including phenoxy) is 3. The molecule has 1 atom stereocenters. The van der Waals surface area contributed by atoms with Crippen LogP contribution in [0.2, 0.25) is 0 Å². The van der Waals surface area contributed by atoms with Crippen molar-refractivity contribution in [2.24, 2.45) is 0 Å². The molecule has 0 aromatic heterocycles. The van der Waals surface area contributed by atoms with E-state index >= 15 is 0 Å². The molecule has 1 aliphatic rings. The normalized spacial score (nSPS) is 17.3. The summed E-state index contributed by atoms with van der Waals surface area (Å²) in [5.41, 5.74) is 0.860. The Kier molecular flexibility index (Phi) is 5.57. The summed E-state index contributed by atoms with van der Waals surface area (Å²) >= 11 is 0. The molecule has 0 spiro atoms. The van der Waals surface area contributed by atoms with Gasteiger partial charge >= 0.3 is 5.97 Å². The van der Waals surface area contributed by atoms with Gasteiger partial charge in [0.1, 0.15) is 5.75 Å². The maximum atomic E-state index is 11.7. The van der Waals surface area contributed by atoms with Crippen LogP contribution in [-0.2, 0) is 25.6 Å². The Morgan fingerprint density at radius 2 is 2.19 bits per heavy atom. The molecule has 6 nitrogen and oxygen atoms in total. The van der Waals surface area contributed by atoms with Gasteiger partial charge in [-0.25, -0.2) is 4.79 Å². The SMILES string of the molecule is COc1ccccc1CNC(=O)COC(=O)[C@H]1CCCO1. The largest absolute Gasteiger partial charge is 0.496 e. The van der Waals surface area contributed by atoms with Crippen molar-refractivity contribution in [1.29, 1.82) is 0 Å². The van der Waals surface area contributed by atoms with E-state index in [-0.39, 0.29) is 12.5 Å². The number of carbonyl (C=O) groups is 2. The minimum absolute atomic E-state index is 0.298. The molecule has 2 rings (SSSR count). The predicted molar refractivity (Wildman–Crippen MR) is 74.8 cm³/mol. The third-order valence-corrected chi connectivity index (χ3v) is 3.21. The van der Waals surface area contributed by atoms with Crippen molar-refractivity contribution in [3.63, 3.8) is 0 Å². The first kappa shape index (κ1) is 15.3. The zero-order valence-corrected chi connectivity index (χ0v) is 12.0. The standard InChI is InChI=1S/C15H19NO5/c1-19-12-6-3-2-5-11(12)9-16-14(17)10-21-15(18)13-7-4-8-20-13/h2-3,5-6,13H,4,7-10H2,1H3,(H,16,17)/t13-/m1/s1. The molecule has 1 saturated heterocycles. The zero-order valence-electron chi connectivity index (χ0n) is 12.0. The van der Waals surface area contributed by atoms with Crippen LogP contribution in [0, 0.1) is 0 Å². The number of para-hydroxylation sites is 1. The van der Waals surface area contributed by atoms with Gasteiger partial charge < -0.3 is 19.5 Å². The average Bonchev–Trinajstić information content (AvgIpc) is 3.05. The van der Waals surface area contributed by atoms with Crippen LogP contribution in [0.4, 0.5) is 0 Å². The van der Waals surface area contributed by atoms with Gasteiger partial charge in [0.25, 0.3) is 5.91 Å². The van der Waals surface area contributed by atoms with Crippen LogP contribution in [0.25, 0.3) is 0 Å². The number of carbonyl (C=O) groups excluding carboxylic acids is 2. The van der Waals surface area contributed by atoms with Crippen molar-refractivity contribution < 1.29 is 23.8 Å². The first-order chi connectivity index (χ1) is 10.2. The molecular formula is C15H19NO5. The van der Waals surface area contributed by atoms with Gasteiger partial charge in [-0.15, -0.1) is 0 Å². The van der Waals surface area contributed by atoms with Crippen molar-refractivity contribution in [1.82, 2.24) is 5.32 Å². The quantitative estimate of drug-likeness (QED) is 0.793. The third-order valence-electron chi connectivity index (χ3n) is 3.21. The van der Waals surface area contributed by atoms with Crippen molar-refractivity contribution >= 4 is 11.9 Å². The fraction of sp³-hybridized carbons (Fsp3) is 0.467. The highest BCUT2D eigenvalue weighted by molar-refractivity contribution is 5.82. The van der Waals surface area contributed by atoms with E-state index < -0.39 is 12.1 Å². The number of esters is 1. The van der Waals surface area contributed by atoms with E-state index in [1.807, 2.05) is 24.3 Å². The first-order valence-corrected chi connectivity index (χ1v) is 6.87. The molecule has 6 heteroatoms. The lowest BCUT2D eigenvalue weighted by Gasteiger charge is -2.11. The molecule has 1 aromatic carbocycles. The minimum atomic E-state index is -0.521. The molecule has 1 fully saturated rings. The van der Waals surface area contributed by atoms with E-state index in [2.05, 4.69) is 5.32 Å². The summed E-state index contributed by atoms with van der Waals surface area (Å²) in [6.07, 6.45) is 0.980. The predicted octanol–water partition coefficient (Wildman–Crippen LogP) is 1.03. The van der Waals surface area contributed by atoms with Crippen molar-refractivity contribution in [3.8, 4) is 5.75 Å². The Balaban J connectivity index is 1.73. The Hall–Kier alpha value is -2.08. The van der Waals surface area contributed by atoms with E-state index in [0.717, 1.165) is 12.0 Å². The highest BCUT2D eigenvalue weighted by atomic mass is 16.6. The van der Waals surface area contributed by atoms with Gasteiger partial charge in [0.05, 0.1) is 7.11 Å². The number of methoxy groups -OCH3 is 1. The molecule has 21 heavy (non-hydrogen) atoms. The van der Waals surface area contributed by atoms with Crippen LogP contribution >= 0.6 is 0 Å². The maximum Gasteiger partial charge on any atom is 0.335 e. The van der Waals surface area contributed by atoms with Gasteiger partial charge in [-0.05, 0) is 18.9 Å². The fourth-order valence-corrected chi connectivity index (χ4v) is 2.09. The highest BCUT2D eigenvalue weighted by Gasteiger charge is 2.25. The second-order valence-corrected chi connectivity index (χ2v) is 4.70. The van der Waals surface area contributed by atoms with E-state index in [0.29, 0.717) is 25.3 Å². The van der Waals surface area contributed by atoms with Crippen LogP contribution in [0.1, 0.15) is 18.4 Å². The summed E-state index contributed by atoms with van der Waals surface area (Å²) in [5.74, 6) is -0.124. The van der Waals surface area contributed by atoms with E-state index in [1.165, 1.54) is 0 Å². The lowest BCUT2D eigenvalue weighted by Crippen LogP contribution is -2.31. The third kappa shape index (κ3) is 4.46. The lowest BCUT2D eigenvalue weighted by molar-refractivity contribution is -0.157. The Labute approximate surface area is 123 Å². The maximum absolute atomic E-state index is 11.7. The lowest BCUT2D eigenvalue weighted by atomic mass is 10.2. The molecule has 0 radical (unpaired) electrons. The van der Waals surface area contributed by atoms with Crippen LogP contribution in [0.5, 0.6) is 5.75 Å².